The summed E-state index contributed by atoms with van der Waals surface area (Å²) in [6, 6.07) is 10.3. The predicted octanol–water partition coefficient (Wildman–Crippen LogP) is 2.20. The van der Waals surface area contributed by atoms with Crippen LogP contribution in [0.15, 0.2) is 54.6 Å². The third-order valence-corrected chi connectivity index (χ3v) is 2.67. The molecule has 1 aromatic rings. The first-order valence-electron chi connectivity index (χ1n) is 5.01. The Labute approximate surface area is 90.1 Å². The summed E-state index contributed by atoms with van der Waals surface area (Å²) >= 11 is 0. The van der Waals surface area contributed by atoms with Gasteiger partial charge in [-0.1, -0.05) is 42.5 Å². The zero-order valence-electron chi connectivity index (χ0n) is 8.76. The highest BCUT2D eigenvalue weighted by Crippen LogP contribution is 2.25. The van der Waals surface area contributed by atoms with Gasteiger partial charge in [0.2, 0.25) is 0 Å². The molecule has 0 saturated heterocycles. The van der Waals surface area contributed by atoms with Gasteiger partial charge in [-0.25, -0.2) is 0 Å². The van der Waals surface area contributed by atoms with Crippen LogP contribution in [0, 0.1) is 0 Å². The Balaban J connectivity index is 2.18. The molecule has 2 nitrogen and oxygen atoms in total. The molecule has 15 heavy (non-hydrogen) atoms. The van der Waals surface area contributed by atoms with Crippen LogP contribution in [0.25, 0.3) is 0 Å². The molecule has 2 heteroatoms. The van der Waals surface area contributed by atoms with Crippen molar-refractivity contribution in [1.29, 1.82) is 0 Å². The molecule has 1 aliphatic rings. The van der Waals surface area contributed by atoms with Crippen LogP contribution in [0.1, 0.15) is 11.5 Å². The van der Waals surface area contributed by atoms with Crippen LogP contribution in [0.5, 0.6) is 0 Å². The zero-order chi connectivity index (χ0) is 10.7. The van der Waals surface area contributed by atoms with Crippen molar-refractivity contribution in [2.75, 3.05) is 7.11 Å². The highest BCUT2D eigenvalue weighted by atomic mass is 16.5. The summed E-state index contributed by atoms with van der Waals surface area (Å²) in [5.41, 5.74) is 6.44. The van der Waals surface area contributed by atoms with E-state index < -0.39 is 5.72 Å². The van der Waals surface area contributed by atoms with E-state index in [1.807, 2.05) is 30.4 Å². The molecule has 0 aliphatic heterocycles. The number of methoxy groups -OCH3 is 1. The molecule has 0 radical (unpaired) electrons. The molecular formula is C13H15NO. The quantitative estimate of drug-likeness (QED) is 0.588. The van der Waals surface area contributed by atoms with E-state index in [4.69, 9.17) is 10.5 Å². The maximum Gasteiger partial charge on any atom is 0.154 e. The summed E-state index contributed by atoms with van der Waals surface area (Å²) in [6.07, 6.45) is 7.92. The molecule has 2 N–H and O–H groups in total. The number of ether oxygens (including phenoxy) is 1. The van der Waals surface area contributed by atoms with E-state index in [1.165, 1.54) is 5.56 Å². The minimum atomic E-state index is -0.731. The standard InChI is InChI=1S/C13H15NO/c1-15-13(14)9-7-12(8-10-13)11-5-3-2-4-6-11/h2-10,12H,14H2,1H3. The molecular weight excluding hydrogens is 186 g/mol. The summed E-state index contributed by atoms with van der Waals surface area (Å²) in [5, 5.41) is 0. The number of hydrogen-bond acceptors (Lipinski definition) is 2. The Morgan fingerprint density at radius 2 is 1.73 bits per heavy atom. The molecule has 0 heterocycles. The van der Waals surface area contributed by atoms with Crippen molar-refractivity contribution in [2.45, 2.75) is 11.6 Å². The van der Waals surface area contributed by atoms with Crippen LogP contribution >= 0.6 is 0 Å². The van der Waals surface area contributed by atoms with Gasteiger partial charge in [-0.3, -0.25) is 5.73 Å². The lowest BCUT2D eigenvalue weighted by atomic mass is 9.92. The van der Waals surface area contributed by atoms with Gasteiger partial charge in [-0.05, 0) is 17.7 Å². The fourth-order valence-corrected chi connectivity index (χ4v) is 1.66. The lowest BCUT2D eigenvalue weighted by Gasteiger charge is -2.25. The Hall–Kier alpha value is -1.38. The minimum Gasteiger partial charge on any atom is -0.357 e. The van der Waals surface area contributed by atoms with Gasteiger partial charge in [-0.2, -0.15) is 0 Å². The highest BCUT2D eigenvalue weighted by molar-refractivity contribution is 5.34. The van der Waals surface area contributed by atoms with Crippen molar-refractivity contribution in [3.8, 4) is 0 Å². The van der Waals surface area contributed by atoms with E-state index in [9.17, 15) is 0 Å². The fourth-order valence-electron chi connectivity index (χ4n) is 1.66. The van der Waals surface area contributed by atoms with E-state index in [1.54, 1.807) is 7.11 Å². The molecule has 0 unspecified atom stereocenters. The molecule has 1 aromatic carbocycles. The number of rotatable bonds is 2. The number of benzene rings is 1. The van der Waals surface area contributed by atoms with E-state index in [-0.39, 0.29) is 0 Å². The van der Waals surface area contributed by atoms with Crippen LogP contribution in [-0.4, -0.2) is 12.8 Å². The third-order valence-electron chi connectivity index (χ3n) is 2.67. The molecule has 0 aromatic heterocycles. The molecule has 78 valence electrons. The monoisotopic (exact) mass is 201 g/mol. The first-order valence-corrected chi connectivity index (χ1v) is 5.01. The average Bonchev–Trinajstić information content (AvgIpc) is 2.31. The normalized spacial score (nSPS) is 29.3. The fraction of sp³-hybridized carbons (Fsp3) is 0.231. The predicted molar refractivity (Wildman–Crippen MR) is 61.4 cm³/mol. The van der Waals surface area contributed by atoms with Crippen molar-refractivity contribution in [2.24, 2.45) is 5.73 Å². The summed E-state index contributed by atoms with van der Waals surface area (Å²) in [7, 11) is 1.61. The number of allylic oxidation sites excluding steroid dienone is 2. The topological polar surface area (TPSA) is 35.2 Å². The van der Waals surface area contributed by atoms with Gasteiger partial charge in [0.05, 0.1) is 0 Å². The maximum absolute atomic E-state index is 5.90. The Morgan fingerprint density at radius 1 is 1.13 bits per heavy atom. The maximum atomic E-state index is 5.90. The van der Waals surface area contributed by atoms with Crippen LogP contribution in [0.4, 0.5) is 0 Å². The van der Waals surface area contributed by atoms with Crippen molar-refractivity contribution >= 4 is 0 Å². The smallest absolute Gasteiger partial charge is 0.154 e. The molecule has 1 aliphatic carbocycles. The van der Waals surface area contributed by atoms with E-state index in [0.717, 1.165) is 0 Å². The van der Waals surface area contributed by atoms with Gasteiger partial charge in [0.1, 0.15) is 0 Å². The molecule has 0 bridgehead atoms. The van der Waals surface area contributed by atoms with Crippen molar-refractivity contribution in [1.82, 2.24) is 0 Å². The second kappa shape index (κ2) is 4.01. The van der Waals surface area contributed by atoms with E-state index in [2.05, 4.69) is 24.3 Å². The molecule has 0 amide bonds. The number of nitrogens with two attached hydrogens (primary N) is 1. The van der Waals surface area contributed by atoms with Crippen LogP contribution in [0.3, 0.4) is 0 Å². The highest BCUT2D eigenvalue weighted by Gasteiger charge is 2.21. The minimum absolute atomic E-state index is 0.304. The van der Waals surface area contributed by atoms with Gasteiger partial charge in [0.25, 0.3) is 0 Å². The summed E-state index contributed by atoms with van der Waals surface area (Å²) in [4.78, 5) is 0. The van der Waals surface area contributed by atoms with Gasteiger partial charge < -0.3 is 4.74 Å². The molecule has 2 rings (SSSR count). The van der Waals surface area contributed by atoms with Gasteiger partial charge in [0.15, 0.2) is 5.72 Å². The van der Waals surface area contributed by atoms with E-state index >= 15 is 0 Å². The lowest BCUT2D eigenvalue weighted by molar-refractivity contribution is 0.0784. The summed E-state index contributed by atoms with van der Waals surface area (Å²) in [6.45, 7) is 0. The zero-order valence-corrected chi connectivity index (χ0v) is 8.76. The largest absolute Gasteiger partial charge is 0.357 e. The Morgan fingerprint density at radius 3 is 2.27 bits per heavy atom. The number of hydrogen-bond donors (Lipinski definition) is 1. The molecule has 0 atom stereocenters. The molecule has 0 saturated carbocycles. The molecule has 0 fully saturated rings. The van der Waals surface area contributed by atoms with Crippen molar-refractivity contribution in [3.63, 3.8) is 0 Å². The second-order valence-corrected chi connectivity index (χ2v) is 3.71. The average molecular weight is 201 g/mol. The van der Waals surface area contributed by atoms with Gasteiger partial charge in [-0.15, -0.1) is 0 Å². The first kappa shape index (κ1) is 10.1. The van der Waals surface area contributed by atoms with E-state index in [0.29, 0.717) is 5.92 Å². The third kappa shape index (κ3) is 2.17. The summed E-state index contributed by atoms with van der Waals surface area (Å²) in [5.74, 6) is 0.304. The van der Waals surface area contributed by atoms with Crippen LogP contribution in [-0.2, 0) is 4.74 Å². The lowest BCUT2D eigenvalue weighted by Crippen LogP contribution is -2.38. The van der Waals surface area contributed by atoms with Crippen molar-refractivity contribution in [3.05, 3.63) is 60.2 Å². The van der Waals surface area contributed by atoms with Crippen LogP contribution in [0.2, 0.25) is 0 Å². The summed E-state index contributed by atoms with van der Waals surface area (Å²) < 4.78 is 5.17. The second-order valence-electron chi connectivity index (χ2n) is 3.71. The Bertz CT molecular complexity index is 367. The Kier molecular flexibility index (Phi) is 2.71. The first-order chi connectivity index (χ1) is 7.23. The van der Waals surface area contributed by atoms with Gasteiger partial charge >= 0.3 is 0 Å². The van der Waals surface area contributed by atoms with Crippen LogP contribution < -0.4 is 5.73 Å². The van der Waals surface area contributed by atoms with Crippen molar-refractivity contribution < 1.29 is 4.74 Å². The van der Waals surface area contributed by atoms with Gasteiger partial charge in [0, 0.05) is 13.0 Å². The molecule has 0 spiro atoms. The SMILES string of the molecule is COC1(N)C=CC(c2ccccc2)C=C1.